The van der Waals surface area contributed by atoms with Crippen LogP contribution in [-0.4, -0.2) is 18.9 Å². The van der Waals surface area contributed by atoms with E-state index in [1.54, 1.807) is 11.3 Å². The summed E-state index contributed by atoms with van der Waals surface area (Å²) in [7, 11) is 0. The minimum atomic E-state index is 0.583. The smallest absolute Gasteiger partial charge is 0.141 e. The molecule has 3 aromatic rings. The Hall–Kier alpha value is -2.43. The Morgan fingerprint density at radius 2 is 1.73 bits per heavy atom. The van der Waals surface area contributed by atoms with Crippen LogP contribution in [0.4, 0.5) is 5.69 Å². The van der Waals surface area contributed by atoms with Crippen LogP contribution < -0.4 is 11.1 Å². The summed E-state index contributed by atoms with van der Waals surface area (Å²) in [5.74, 6) is 0.583. The summed E-state index contributed by atoms with van der Waals surface area (Å²) in [5, 5.41) is 5.54. The summed E-state index contributed by atoms with van der Waals surface area (Å²) in [5.41, 5.74) is 9.68. The number of hydrogen-bond acceptors (Lipinski definition) is 3. The number of amidine groups is 1. The van der Waals surface area contributed by atoms with E-state index in [0.29, 0.717) is 5.84 Å². The summed E-state index contributed by atoms with van der Waals surface area (Å²) in [6, 6.07) is 22.9. The molecule has 0 aliphatic heterocycles. The number of hydrogen-bond donors (Lipinski definition) is 2. The molecule has 0 aliphatic rings. The van der Waals surface area contributed by atoms with Crippen molar-refractivity contribution in [3.8, 4) is 0 Å². The highest BCUT2D eigenvalue weighted by Gasteiger charge is 2.01. The maximum Gasteiger partial charge on any atom is 0.141 e. The highest BCUT2D eigenvalue weighted by molar-refractivity contribution is 7.12. The molecule has 3 N–H and O–H groups in total. The molecule has 4 heteroatoms. The van der Waals surface area contributed by atoms with Gasteiger partial charge in [0.05, 0.1) is 10.6 Å². The molecular weight excluding hydrogens is 338 g/mol. The van der Waals surface area contributed by atoms with Gasteiger partial charge in [-0.1, -0.05) is 48.5 Å². The first kappa shape index (κ1) is 18.4. The number of benzene rings is 2. The first-order valence-electron chi connectivity index (χ1n) is 9.03. The van der Waals surface area contributed by atoms with Gasteiger partial charge in [-0.05, 0) is 67.1 Å². The van der Waals surface area contributed by atoms with E-state index in [1.807, 2.05) is 23.6 Å². The zero-order valence-corrected chi connectivity index (χ0v) is 15.7. The van der Waals surface area contributed by atoms with E-state index >= 15 is 0 Å². The lowest BCUT2D eigenvalue weighted by atomic mass is 10.1. The van der Waals surface area contributed by atoms with Crippen LogP contribution in [0.3, 0.4) is 0 Å². The quantitative estimate of drug-likeness (QED) is 0.333. The normalized spacial score (nSPS) is 11.6. The summed E-state index contributed by atoms with van der Waals surface area (Å²) in [4.78, 5) is 5.55. The lowest BCUT2D eigenvalue weighted by Gasteiger charge is -2.06. The molecule has 0 fully saturated rings. The van der Waals surface area contributed by atoms with Gasteiger partial charge in [0.2, 0.25) is 0 Å². The predicted molar refractivity (Wildman–Crippen MR) is 112 cm³/mol. The van der Waals surface area contributed by atoms with E-state index in [2.05, 4.69) is 58.8 Å². The van der Waals surface area contributed by atoms with E-state index in [0.717, 1.165) is 42.9 Å². The zero-order valence-electron chi connectivity index (χ0n) is 14.9. The van der Waals surface area contributed by atoms with E-state index in [9.17, 15) is 0 Å². The third-order valence-electron chi connectivity index (χ3n) is 4.19. The summed E-state index contributed by atoms with van der Waals surface area (Å²) in [6.07, 6.45) is 3.23. The minimum Gasteiger partial charge on any atom is -0.383 e. The van der Waals surface area contributed by atoms with Gasteiger partial charge in [0.25, 0.3) is 0 Å². The Morgan fingerprint density at radius 1 is 0.885 bits per heavy atom. The molecule has 3 nitrogen and oxygen atoms in total. The van der Waals surface area contributed by atoms with Gasteiger partial charge in [-0.25, -0.2) is 4.99 Å². The highest BCUT2D eigenvalue weighted by Crippen LogP contribution is 2.17. The molecule has 134 valence electrons. The molecule has 0 saturated heterocycles. The van der Waals surface area contributed by atoms with E-state index in [-0.39, 0.29) is 0 Å². The van der Waals surface area contributed by atoms with Crippen molar-refractivity contribution in [3.63, 3.8) is 0 Å². The number of nitrogens with zero attached hydrogens (tertiary/aromatic N) is 1. The van der Waals surface area contributed by atoms with Crippen molar-refractivity contribution in [2.45, 2.75) is 19.3 Å². The van der Waals surface area contributed by atoms with Crippen LogP contribution in [0.25, 0.3) is 0 Å². The number of rotatable bonds is 9. The number of nitrogens with one attached hydrogen (secondary N) is 1. The van der Waals surface area contributed by atoms with Crippen LogP contribution in [0.2, 0.25) is 0 Å². The third-order valence-corrected chi connectivity index (χ3v) is 5.08. The van der Waals surface area contributed by atoms with Crippen molar-refractivity contribution in [2.75, 3.05) is 13.1 Å². The first-order valence-corrected chi connectivity index (χ1v) is 9.91. The molecule has 1 aromatic heterocycles. The number of aryl methyl sites for hydroxylation is 1. The number of thiophene rings is 1. The standard InChI is InChI=1S/C22H25N3S/c23-22(21-12-6-16-26-21)25-20-11-4-9-19(17-20)10-5-14-24-15-13-18-7-2-1-3-8-18/h1-4,6-9,11-12,16-17,24H,5,10,13-15H2,(H2,23,25). The lowest BCUT2D eigenvalue weighted by molar-refractivity contribution is 0.647. The molecule has 0 unspecified atom stereocenters. The van der Waals surface area contributed by atoms with Gasteiger partial charge in [-0.2, -0.15) is 0 Å². The monoisotopic (exact) mass is 363 g/mol. The Bertz CT molecular complexity index is 810. The van der Waals surface area contributed by atoms with Gasteiger partial charge in [0.1, 0.15) is 5.84 Å². The second-order valence-electron chi connectivity index (χ2n) is 6.23. The van der Waals surface area contributed by atoms with Crippen LogP contribution in [0.5, 0.6) is 0 Å². The van der Waals surface area contributed by atoms with Crippen molar-refractivity contribution < 1.29 is 0 Å². The average Bonchev–Trinajstić information content (AvgIpc) is 3.21. The van der Waals surface area contributed by atoms with Crippen molar-refractivity contribution >= 4 is 22.9 Å². The van der Waals surface area contributed by atoms with Gasteiger partial charge in [0.15, 0.2) is 0 Å². The van der Waals surface area contributed by atoms with Crippen molar-refractivity contribution in [1.29, 1.82) is 0 Å². The fourth-order valence-electron chi connectivity index (χ4n) is 2.82. The SMILES string of the molecule is NC(=Nc1cccc(CCCNCCc2ccccc2)c1)c1cccs1. The van der Waals surface area contributed by atoms with Crippen LogP contribution in [-0.2, 0) is 12.8 Å². The van der Waals surface area contributed by atoms with Crippen molar-refractivity contribution in [2.24, 2.45) is 10.7 Å². The fraction of sp³-hybridized carbons (Fsp3) is 0.227. The molecule has 3 rings (SSSR count). The Morgan fingerprint density at radius 3 is 2.54 bits per heavy atom. The summed E-state index contributed by atoms with van der Waals surface area (Å²) < 4.78 is 0. The summed E-state index contributed by atoms with van der Waals surface area (Å²) >= 11 is 1.61. The molecule has 26 heavy (non-hydrogen) atoms. The Labute approximate surface area is 159 Å². The Kier molecular flexibility index (Phi) is 6.99. The van der Waals surface area contributed by atoms with Gasteiger partial charge >= 0.3 is 0 Å². The zero-order chi connectivity index (χ0) is 18.0. The molecular formula is C22H25N3S. The molecule has 0 radical (unpaired) electrons. The van der Waals surface area contributed by atoms with Crippen LogP contribution in [0.15, 0.2) is 77.1 Å². The highest BCUT2D eigenvalue weighted by atomic mass is 32.1. The Balaban J connectivity index is 1.42. The first-order chi connectivity index (χ1) is 12.8. The van der Waals surface area contributed by atoms with Crippen molar-refractivity contribution in [1.82, 2.24) is 5.32 Å². The van der Waals surface area contributed by atoms with E-state index in [1.165, 1.54) is 11.1 Å². The molecule has 1 heterocycles. The fourth-order valence-corrected chi connectivity index (χ4v) is 3.45. The van der Waals surface area contributed by atoms with Crippen LogP contribution in [0.1, 0.15) is 22.4 Å². The average molecular weight is 364 g/mol. The molecule has 0 atom stereocenters. The minimum absolute atomic E-state index is 0.583. The number of aliphatic imine (C=N–C) groups is 1. The second-order valence-corrected chi connectivity index (χ2v) is 7.18. The van der Waals surface area contributed by atoms with E-state index in [4.69, 9.17) is 5.73 Å². The maximum absolute atomic E-state index is 6.07. The second kappa shape index (κ2) is 9.90. The van der Waals surface area contributed by atoms with Gasteiger partial charge in [0, 0.05) is 0 Å². The lowest BCUT2D eigenvalue weighted by Crippen LogP contribution is -2.18. The van der Waals surface area contributed by atoms with E-state index < -0.39 is 0 Å². The maximum atomic E-state index is 6.07. The van der Waals surface area contributed by atoms with Crippen LogP contribution in [0, 0.1) is 0 Å². The van der Waals surface area contributed by atoms with Gasteiger partial charge < -0.3 is 11.1 Å². The topological polar surface area (TPSA) is 50.4 Å². The van der Waals surface area contributed by atoms with Gasteiger partial charge in [-0.3, -0.25) is 0 Å². The molecule has 0 saturated carbocycles. The third kappa shape index (κ3) is 5.83. The molecule has 0 bridgehead atoms. The molecule has 0 aliphatic carbocycles. The van der Waals surface area contributed by atoms with Crippen LogP contribution >= 0.6 is 11.3 Å². The molecule has 0 amide bonds. The molecule has 2 aromatic carbocycles. The molecule has 0 spiro atoms. The van der Waals surface area contributed by atoms with Crippen molar-refractivity contribution in [3.05, 3.63) is 88.1 Å². The van der Waals surface area contributed by atoms with Gasteiger partial charge in [-0.15, -0.1) is 11.3 Å². The number of nitrogens with two attached hydrogens (primary N) is 1. The largest absolute Gasteiger partial charge is 0.383 e. The predicted octanol–water partition coefficient (Wildman–Crippen LogP) is 4.55. The summed E-state index contributed by atoms with van der Waals surface area (Å²) in [6.45, 7) is 2.04.